The number of benzene rings is 2. The lowest BCUT2D eigenvalue weighted by Gasteiger charge is -2.16. The second-order valence-electron chi connectivity index (χ2n) is 4.79. The minimum absolute atomic E-state index is 0.0302. The highest BCUT2D eigenvalue weighted by Crippen LogP contribution is 2.22. The maximum Gasteiger partial charge on any atom is 0.122 e. The topological polar surface area (TPSA) is 44.5 Å². The Morgan fingerprint density at radius 3 is 1.60 bits per heavy atom. The highest BCUT2D eigenvalue weighted by Gasteiger charge is 2.11. The molecule has 0 heterocycles. The lowest BCUT2D eigenvalue weighted by Crippen LogP contribution is -2.26. The zero-order chi connectivity index (χ0) is 14.4. The number of ether oxygens (including phenoxy) is 2. The molecule has 0 atom stereocenters. The number of nitrogens with two attached hydrogens (primary N) is 1. The van der Waals surface area contributed by atoms with E-state index in [1.54, 1.807) is 14.2 Å². The highest BCUT2D eigenvalue weighted by molar-refractivity contribution is 5.36. The molecule has 0 amide bonds. The van der Waals surface area contributed by atoms with Gasteiger partial charge in [0.05, 0.1) is 14.2 Å². The molecule has 0 saturated carbocycles. The van der Waals surface area contributed by atoms with Crippen LogP contribution < -0.4 is 15.2 Å². The Labute approximate surface area is 120 Å². The Balaban J connectivity index is 2.07. The van der Waals surface area contributed by atoms with Crippen molar-refractivity contribution in [3.8, 4) is 11.5 Å². The first-order valence-electron chi connectivity index (χ1n) is 6.74. The van der Waals surface area contributed by atoms with Gasteiger partial charge < -0.3 is 15.2 Å². The second kappa shape index (κ2) is 6.96. The molecule has 2 N–H and O–H groups in total. The molecule has 3 nitrogen and oxygen atoms in total. The Morgan fingerprint density at radius 1 is 0.800 bits per heavy atom. The SMILES string of the molecule is COc1ccccc1CC(N)Cc1ccccc1OC. The molecule has 0 radical (unpaired) electrons. The van der Waals surface area contributed by atoms with Crippen LogP contribution in [0.2, 0.25) is 0 Å². The summed E-state index contributed by atoms with van der Waals surface area (Å²) in [6.07, 6.45) is 1.56. The number of hydrogen-bond acceptors (Lipinski definition) is 3. The van der Waals surface area contributed by atoms with Gasteiger partial charge in [-0.3, -0.25) is 0 Å². The zero-order valence-corrected chi connectivity index (χ0v) is 12.0. The Morgan fingerprint density at radius 2 is 1.20 bits per heavy atom. The van der Waals surface area contributed by atoms with Crippen molar-refractivity contribution in [1.29, 1.82) is 0 Å². The van der Waals surface area contributed by atoms with Gasteiger partial charge in [0, 0.05) is 6.04 Å². The molecule has 2 aromatic carbocycles. The molecule has 0 aromatic heterocycles. The predicted octanol–water partition coefficient (Wildman–Crippen LogP) is 2.82. The first kappa shape index (κ1) is 14.4. The smallest absolute Gasteiger partial charge is 0.122 e. The van der Waals surface area contributed by atoms with Gasteiger partial charge in [-0.2, -0.15) is 0 Å². The van der Waals surface area contributed by atoms with E-state index in [9.17, 15) is 0 Å². The molecule has 0 unspecified atom stereocenters. The van der Waals surface area contributed by atoms with E-state index >= 15 is 0 Å². The molecule has 2 rings (SSSR count). The number of para-hydroxylation sites is 2. The summed E-state index contributed by atoms with van der Waals surface area (Å²) in [6, 6.07) is 16.0. The van der Waals surface area contributed by atoms with Crippen LogP contribution >= 0.6 is 0 Å². The summed E-state index contributed by atoms with van der Waals surface area (Å²) in [5.74, 6) is 1.78. The molecule has 20 heavy (non-hydrogen) atoms. The fourth-order valence-corrected chi connectivity index (χ4v) is 2.38. The maximum absolute atomic E-state index is 6.27. The first-order valence-corrected chi connectivity index (χ1v) is 6.74. The van der Waals surface area contributed by atoms with Crippen molar-refractivity contribution in [3.05, 3.63) is 59.7 Å². The summed E-state index contributed by atoms with van der Waals surface area (Å²) in [5, 5.41) is 0. The van der Waals surface area contributed by atoms with Crippen molar-refractivity contribution < 1.29 is 9.47 Å². The van der Waals surface area contributed by atoms with Crippen LogP contribution in [0.15, 0.2) is 48.5 Å². The molecule has 0 aliphatic carbocycles. The van der Waals surface area contributed by atoms with Gasteiger partial charge in [-0.05, 0) is 36.1 Å². The largest absolute Gasteiger partial charge is 0.496 e. The molecule has 2 aromatic rings. The zero-order valence-electron chi connectivity index (χ0n) is 12.0. The van der Waals surface area contributed by atoms with Crippen molar-refractivity contribution in [1.82, 2.24) is 0 Å². The average molecular weight is 271 g/mol. The quantitative estimate of drug-likeness (QED) is 0.878. The first-order chi connectivity index (χ1) is 9.74. The van der Waals surface area contributed by atoms with Gasteiger partial charge >= 0.3 is 0 Å². The van der Waals surface area contributed by atoms with Gasteiger partial charge in [-0.25, -0.2) is 0 Å². The summed E-state index contributed by atoms with van der Waals surface area (Å²) < 4.78 is 10.7. The van der Waals surface area contributed by atoms with Crippen LogP contribution in [0.1, 0.15) is 11.1 Å². The van der Waals surface area contributed by atoms with Gasteiger partial charge in [0.15, 0.2) is 0 Å². The van der Waals surface area contributed by atoms with Gasteiger partial charge in [0.2, 0.25) is 0 Å². The van der Waals surface area contributed by atoms with Crippen LogP contribution in [0.5, 0.6) is 11.5 Å². The van der Waals surface area contributed by atoms with E-state index in [4.69, 9.17) is 15.2 Å². The molecule has 0 aliphatic heterocycles. The molecule has 3 heteroatoms. The molecule has 0 fully saturated rings. The van der Waals surface area contributed by atoms with E-state index < -0.39 is 0 Å². The van der Waals surface area contributed by atoms with Crippen molar-refractivity contribution in [2.24, 2.45) is 5.73 Å². The van der Waals surface area contributed by atoms with Crippen LogP contribution in [0, 0.1) is 0 Å². The van der Waals surface area contributed by atoms with E-state index in [0.29, 0.717) is 0 Å². The van der Waals surface area contributed by atoms with Gasteiger partial charge in [-0.1, -0.05) is 36.4 Å². The minimum atomic E-state index is 0.0302. The van der Waals surface area contributed by atoms with Crippen LogP contribution in [0.3, 0.4) is 0 Å². The second-order valence-corrected chi connectivity index (χ2v) is 4.79. The number of rotatable bonds is 6. The standard InChI is InChI=1S/C17H21NO2/c1-19-16-9-5-3-7-13(16)11-15(18)12-14-8-4-6-10-17(14)20-2/h3-10,15H,11-12,18H2,1-2H3. The van der Waals surface area contributed by atoms with E-state index in [0.717, 1.165) is 35.5 Å². The summed E-state index contributed by atoms with van der Waals surface area (Å²) in [4.78, 5) is 0. The summed E-state index contributed by atoms with van der Waals surface area (Å²) in [5.41, 5.74) is 8.55. The normalized spacial score (nSPS) is 10.6. The summed E-state index contributed by atoms with van der Waals surface area (Å²) in [6.45, 7) is 0. The van der Waals surface area contributed by atoms with Gasteiger partial charge in [0.1, 0.15) is 11.5 Å². The summed E-state index contributed by atoms with van der Waals surface area (Å²) >= 11 is 0. The average Bonchev–Trinajstić information content (AvgIpc) is 2.48. The predicted molar refractivity (Wildman–Crippen MR) is 81.4 cm³/mol. The van der Waals surface area contributed by atoms with E-state index in [1.807, 2.05) is 36.4 Å². The van der Waals surface area contributed by atoms with Gasteiger partial charge in [0.25, 0.3) is 0 Å². The Bertz CT molecular complexity index is 505. The Hall–Kier alpha value is -2.00. The number of hydrogen-bond donors (Lipinski definition) is 1. The molecule has 0 bridgehead atoms. The minimum Gasteiger partial charge on any atom is -0.496 e. The van der Waals surface area contributed by atoms with Crippen molar-refractivity contribution in [2.45, 2.75) is 18.9 Å². The lowest BCUT2D eigenvalue weighted by molar-refractivity contribution is 0.404. The van der Waals surface area contributed by atoms with Gasteiger partial charge in [-0.15, -0.1) is 0 Å². The van der Waals surface area contributed by atoms with Crippen molar-refractivity contribution >= 4 is 0 Å². The Kier molecular flexibility index (Phi) is 5.02. The van der Waals surface area contributed by atoms with Crippen LogP contribution in [0.4, 0.5) is 0 Å². The fourth-order valence-electron chi connectivity index (χ4n) is 2.38. The third-order valence-electron chi connectivity index (χ3n) is 3.35. The third-order valence-corrected chi connectivity index (χ3v) is 3.35. The molecule has 0 aliphatic rings. The van der Waals surface area contributed by atoms with Crippen LogP contribution in [0.25, 0.3) is 0 Å². The molecular formula is C17H21NO2. The third kappa shape index (κ3) is 3.52. The monoisotopic (exact) mass is 271 g/mol. The fraction of sp³-hybridized carbons (Fsp3) is 0.294. The van der Waals surface area contributed by atoms with E-state index in [-0.39, 0.29) is 6.04 Å². The molecule has 0 saturated heterocycles. The van der Waals surface area contributed by atoms with Crippen molar-refractivity contribution in [2.75, 3.05) is 14.2 Å². The number of methoxy groups -OCH3 is 2. The van der Waals surface area contributed by atoms with Crippen LogP contribution in [-0.4, -0.2) is 20.3 Å². The molecular weight excluding hydrogens is 250 g/mol. The lowest BCUT2D eigenvalue weighted by atomic mass is 9.98. The maximum atomic E-state index is 6.27. The van der Waals surface area contributed by atoms with E-state index in [1.165, 1.54) is 0 Å². The van der Waals surface area contributed by atoms with E-state index in [2.05, 4.69) is 12.1 Å². The molecule has 0 spiro atoms. The van der Waals surface area contributed by atoms with Crippen LogP contribution in [-0.2, 0) is 12.8 Å². The van der Waals surface area contributed by atoms with Crippen molar-refractivity contribution in [3.63, 3.8) is 0 Å². The summed E-state index contributed by atoms with van der Waals surface area (Å²) in [7, 11) is 3.37. The molecule has 106 valence electrons. The highest BCUT2D eigenvalue weighted by atomic mass is 16.5.